The molecule has 0 heterocycles. The van der Waals surface area contributed by atoms with Gasteiger partial charge in [0.1, 0.15) is 11.5 Å². The van der Waals surface area contributed by atoms with Gasteiger partial charge in [-0.2, -0.15) is 0 Å². The SMILES string of the molecule is COc1ccc2c(c1)CC[C@@H]1[C@@H]2CC[C@]2(C)[C@@H](Nc3ccccc3OC)C[C@@H](Cl)C[C@@H]12. The molecule has 0 aromatic heterocycles. The van der Waals surface area contributed by atoms with Crippen LogP contribution in [0.2, 0.25) is 0 Å². The van der Waals surface area contributed by atoms with E-state index < -0.39 is 0 Å². The predicted molar refractivity (Wildman–Crippen MR) is 128 cm³/mol. The molecule has 2 saturated carbocycles. The molecule has 2 fully saturated rings. The van der Waals surface area contributed by atoms with Crippen LogP contribution in [-0.4, -0.2) is 25.6 Å². The van der Waals surface area contributed by atoms with Crippen molar-refractivity contribution in [1.82, 2.24) is 0 Å². The van der Waals surface area contributed by atoms with Crippen LogP contribution in [0.1, 0.15) is 56.1 Å². The zero-order valence-electron chi connectivity index (χ0n) is 18.9. The van der Waals surface area contributed by atoms with E-state index in [9.17, 15) is 0 Å². The summed E-state index contributed by atoms with van der Waals surface area (Å²) in [5, 5.41) is 4.10. The lowest BCUT2D eigenvalue weighted by Crippen LogP contribution is -2.55. The van der Waals surface area contributed by atoms with Crippen molar-refractivity contribution in [2.75, 3.05) is 19.5 Å². The van der Waals surface area contributed by atoms with Crippen LogP contribution >= 0.6 is 11.6 Å². The molecule has 0 unspecified atom stereocenters. The topological polar surface area (TPSA) is 30.5 Å². The molecule has 31 heavy (non-hydrogen) atoms. The number of halogens is 1. The van der Waals surface area contributed by atoms with Crippen molar-refractivity contribution in [3.63, 3.8) is 0 Å². The third kappa shape index (κ3) is 3.59. The van der Waals surface area contributed by atoms with E-state index in [0.717, 1.165) is 36.4 Å². The first kappa shape index (κ1) is 21.0. The Balaban J connectivity index is 1.44. The summed E-state index contributed by atoms with van der Waals surface area (Å²) in [5.41, 5.74) is 4.39. The number of fused-ring (bicyclic) bond motifs is 5. The Hall–Kier alpha value is -1.87. The van der Waals surface area contributed by atoms with Gasteiger partial charge in [0.15, 0.2) is 0 Å². The molecule has 0 radical (unpaired) electrons. The predicted octanol–water partition coefficient (Wildman–Crippen LogP) is 6.65. The highest BCUT2D eigenvalue weighted by molar-refractivity contribution is 6.20. The molecule has 3 aliphatic carbocycles. The average Bonchev–Trinajstić information content (AvgIpc) is 2.79. The number of hydrogen-bond donors (Lipinski definition) is 1. The van der Waals surface area contributed by atoms with Gasteiger partial charge in [-0.3, -0.25) is 0 Å². The Bertz CT molecular complexity index is 947. The maximum absolute atomic E-state index is 6.92. The third-order valence-corrected chi connectivity index (χ3v) is 8.96. The molecule has 3 nitrogen and oxygen atoms in total. The number of alkyl halides is 1. The largest absolute Gasteiger partial charge is 0.497 e. The van der Waals surface area contributed by atoms with Crippen LogP contribution in [0.3, 0.4) is 0 Å². The fraction of sp³-hybridized carbons (Fsp3) is 0.556. The number of para-hydroxylation sites is 2. The molecule has 4 heteroatoms. The minimum atomic E-state index is 0.223. The van der Waals surface area contributed by atoms with E-state index in [1.165, 1.54) is 24.8 Å². The summed E-state index contributed by atoms with van der Waals surface area (Å²) < 4.78 is 11.1. The number of nitrogens with one attached hydrogen (secondary N) is 1. The van der Waals surface area contributed by atoms with Gasteiger partial charge in [-0.1, -0.05) is 25.1 Å². The summed E-state index contributed by atoms with van der Waals surface area (Å²) in [7, 11) is 3.51. The molecule has 2 aromatic carbocycles. The molecule has 0 bridgehead atoms. The Morgan fingerprint density at radius 2 is 1.87 bits per heavy atom. The number of aryl methyl sites for hydroxylation is 1. The Labute approximate surface area is 191 Å². The van der Waals surface area contributed by atoms with Crippen molar-refractivity contribution in [2.45, 2.75) is 62.8 Å². The van der Waals surface area contributed by atoms with Crippen molar-refractivity contribution in [2.24, 2.45) is 17.3 Å². The van der Waals surface area contributed by atoms with Crippen LogP contribution in [0.15, 0.2) is 42.5 Å². The van der Waals surface area contributed by atoms with Crippen molar-refractivity contribution in [1.29, 1.82) is 0 Å². The number of benzene rings is 2. The van der Waals surface area contributed by atoms with Gasteiger partial charge < -0.3 is 14.8 Å². The second-order valence-electron chi connectivity index (χ2n) is 9.99. The Morgan fingerprint density at radius 1 is 1.03 bits per heavy atom. The summed E-state index contributed by atoms with van der Waals surface area (Å²) >= 11 is 6.92. The third-order valence-electron chi connectivity index (χ3n) is 8.61. The maximum atomic E-state index is 6.92. The Morgan fingerprint density at radius 3 is 2.68 bits per heavy atom. The molecule has 0 amide bonds. The fourth-order valence-corrected chi connectivity index (χ4v) is 7.35. The number of methoxy groups -OCH3 is 2. The standard InChI is InChI=1S/C27H34ClNO2/c1-27-13-12-21-20-11-9-19(30-2)14-17(20)8-10-22(21)23(27)15-18(28)16-26(27)29-24-6-4-5-7-25(24)31-3/h4-7,9,11,14,18,21-23,26,29H,8,10,12-13,15-16H2,1-3H3/t18-,21+,22+,23-,26-,27-/m0/s1. The van der Waals surface area contributed by atoms with Gasteiger partial charge in [-0.25, -0.2) is 0 Å². The quantitative estimate of drug-likeness (QED) is 0.541. The van der Waals surface area contributed by atoms with Gasteiger partial charge in [0, 0.05) is 11.4 Å². The van der Waals surface area contributed by atoms with Gasteiger partial charge in [-0.15, -0.1) is 11.6 Å². The van der Waals surface area contributed by atoms with Crippen molar-refractivity contribution >= 4 is 17.3 Å². The Kier molecular flexibility index (Phi) is 5.58. The molecule has 166 valence electrons. The van der Waals surface area contributed by atoms with E-state index in [2.05, 4.69) is 42.6 Å². The summed E-state index contributed by atoms with van der Waals surface area (Å²) in [5.74, 6) is 3.90. The van der Waals surface area contributed by atoms with Gasteiger partial charge in [-0.05, 0) is 97.1 Å². The van der Waals surface area contributed by atoms with Crippen LogP contribution < -0.4 is 14.8 Å². The van der Waals surface area contributed by atoms with E-state index in [4.69, 9.17) is 21.1 Å². The first-order chi connectivity index (χ1) is 15.0. The second kappa shape index (κ2) is 8.24. The van der Waals surface area contributed by atoms with Crippen LogP contribution in [0.4, 0.5) is 5.69 Å². The van der Waals surface area contributed by atoms with Crippen molar-refractivity contribution in [3.05, 3.63) is 53.6 Å². The minimum absolute atomic E-state index is 0.223. The zero-order valence-corrected chi connectivity index (χ0v) is 19.6. The molecule has 2 aromatic rings. The lowest BCUT2D eigenvalue weighted by Gasteiger charge is -2.58. The van der Waals surface area contributed by atoms with E-state index in [1.807, 2.05) is 12.1 Å². The molecule has 0 spiro atoms. The van der Waals surface area contributed by atoms with Crippen molar-refractivity contribution < 1.29 is 9.47 Å². The fourth-order valence-electron chi connectivity index (χ4n) is 6.98. The van der Waals surface area contributed by atoms with Crippen LogP contribution in [0.25, 0.3) is 0 Å². The van der Waals surface area contributed by atoms with Crippen molar-refractivity contribution in [3.8, 4) is 11.5 Å². The first-order valence-electron chi connectivity index (χ1n) is 11.7. The molecule has 0 aliphatic heterocycles. The summed E-state index contributed by atoms with van der Waals surface area (Å²) in [4.78, 5) is 0. The normalized spacial score (nSPS) is 34.1. The van der Waals surface area contributed by atoms with Gasteiger partial charge in [0.05, 0.1) is 19.9 Å². The molecular weight excluding hydrogens is 406 g/mol. The average molecular weight is 440 g/mol. The molecule has 0 saturated heterocycles. The maximum Gasteiger partial charge on any atom is 0.141 e. The van der Waals surface area contributed by atoms with Gasteiger partial charge in [0.25, 0.3) is 0 Å². The van der Waals surface area contributed by atoms with Crippen LogP contribution in [-0.2, 0) is 6.42 Å². The molecule has 3 aliphatic rings. The number of anilines is 1. The van der Waals surface area contributed by atoms with E-state index in [-0.39, 0.29) is 10.8 Å². The summed E-state index contributed by atoms with van der Waals surface area (Å²) in [6, 6.07) is 15.4. The van der Waals surface area contributed by atoms with Gasteiger partial charge in [0.2, 0.25) is 0 Å². The monoisotopic (exact) mass is 439 g/mol. The molecular formula is C27H34ClNO2. The number of hydrogen-bond acceptors (Lipinski definition) is 3. The van der Waals surface area contributed by atoms with E-state index in [0.29, 0.717) is 23.8 Å². The highest BCUT2D eigenvalue weighted by Crippen LogP contribution is 2.60. The lowest BCUT2D eigenvalue weighted by atomic mass is 9.49. The molecule has 1 N–H and O–H groups in total. The molecule has 5 rings (SSSR count). The number of rotatable bonds is 4. The number of ether oxygens (including phenoxy) is 2. The van der Waals surface area contributed by atoms with Crippen LogP contribution in [0, 0.1) is 17.3 Å². The zero-order chi connectivity index (χ0) is 21.6. The van der Waals surface area contributed by atoms with Gasteiger partial charge >= 0.3 is 0 Å². The molecule has 6 atom stereocenters. The lowest BCUT2D eigenvalue weighted by molar-refractivity contribution is -0.0124. The minimum Gasteiger partial charge on any atom is -0.497 e. The van der Waals surface area contributed by atoms with Crippen LogP contribution in [0.5, 0.6) is 11.5 Å². The first-order valence-corrected chi connectivity index (χ1v) is 12.2. The van der Waals surface area contributed by atoms with E-state index in [1.54, 1.807) is 19.8 Å². The van der Waals surface area contributed by atoms with E-state index >= 15 is 0 Å². The summed E-state index contributed by atoms with van der Waals surface area (Å²) in [6.45, 7) is 2.52. The highest BCUT2D eigenvalue weighted by atomic mass is 35.5. The second-order valence-corrected chi connectivity index (χ2v) is 10.6. The summed E-state index contributed by atoms with van der Waals surface area (Å²) in [6.07, 6.45) is 7.05. The smallest absolute Gasteiger partial charge is 0.141 e. The highest BCUT2D eigenvalue weighted by Gasteiger charge is 2.54.